The molecule has 0 fully saturated rings. The number of amides is 1. The molecule has 1 N–H and O–H groups in total. The first-order chi connectivity index (χ1) is 9.02. The Morgan fingerprint density at radius 2 is 2.00 bits per heavy atom. The first-order valence-corrected chi connectivity index (χ1v) is 6.09. The molecule has 104 valence electrons. The lowest BCUT2D eigenvalue weighted by Gasteiger charge is -2.22. The van der Waals surface area contributed by atoms with Gasteiger partial charge in [-0.25, -0.2) is 0 Å². The molecule has 19 heavy (non-hydrogen) atoms. The first kappa shape index (κ1) is 14.9. The van der Waals surface area contributed by atoms with Crippen LogP contribution in [0.25, 0.3) is 0 Å². The van der Waals surface area contributed by atoms with E-state index in [1.54, 1.807) is 24.5 Å². The molecule has 1 aromatic heterocycles. The van der Waals surface area contributed by atoms with E-state index in [2.05, 4.69) is 15.3 Å². The quantitative estimate of drug-likeness (QED) is 0.482. The molecule has 6 heteroatoms. The minimum atomic E-state index is -0.125. The van der Waals surface area contributed by atoms with Crippen LogP contribution in [0.1, 0.15) is 10.4 Å². The standard InChI is InChI=1S/C13H21N5O/c1-17(2)13(18(3)4)16-9-8-15-12(19)11-6-5-7-14-10-11/h5-7,10H,8-9H2,1-4H3,(H,15,19). The summed E-state index contributed by atoms with van der Waals surface area (Å²) in [6.45, 7) is 1.04. The van der Waals surface area contributed by atoms with Gasteiger partial charge in [0.05, 0.1) is 12.1 Å². The van der Waals surface area contributed by atoms with Gasteiger partial charge in [0.15, 0.2) is 5.96 Å². The number of rotatable bonds is 4. The van der Waals surface area contributed by atoms with Crippen molar-refractivity contribution in [2.75, 3.05) is 41.3 Å². The molecule has 0 aromatic carbocycles. The van der Waals surface area contributed by atoms with Crippen molar-refractivity contribution in [1.29, 1.82) is 0 Å². The van der Waals surface area contributed by atoms with Gasteiger partial charge in [0.2, 0.25) is 0 Å². The van der Waals surface area contributed by atoms with Crippen molar-refractivity contribution in [1.82, 2.24) is 20.1 Å². The third kappa shape index (κ3) is 4.95. The SMILES string of the molecule is CN(C)C(=NCCNC(=O)c1cccnc1)N(C)C. The van der Waals surface area contributed by atoms with Crippen LogP contribution in [0.15, 0.2) is 29.5 Å². The molecule has 1 rings (SSSR count). The molecular weight excluding hydrogens is 242 g/mol. The Balaban J connectivity index is 2.42. The van der Waals surface area contributed by atoms with E-state index < -0.39 is 0 Å². The Kier molecular flexibility index (Phi) is 5.78. The summed E-state index contributed by atoms with van der Waals surface area (Å²) in [6, 6.07) is 3.47. The van der Waals surface area contributed by atoms with Crippen LogP contribution in [-0.2, 0) is 0 Å². The van der Waals surface area contributed by atoms with E-state index >= 15 is 0 Å². The number of pyridine rings is 1. The summed E-state index contributed by atoms with van der Waals surface area (Å²) in [5, 5.41) is 2.81. The maximum absolute atomic E-state index is 11.7. The lowest BCUT2D eigenvalue weighted by Crippen LogP contribution is -2.36. The molecule has 0 saturated heterocycles. The number of nitrogens with zero attached hydrogens (tertiary/aromatic N) is 4. The molecule has 0 aliphatic heterocycles. The number of aliphatic imine (C=N–C) groups is 1. The average molecular weight is 263 g/mol. The molecule has 0 unspecified atom stereocenters. The van der Waals surface area contributed by atoms with Gasteiger partial charge in [0, 0.05) is 47.1 Å². The van der Waals surface area contributed by atoms with Gasteiger partial charge >= 0.3 is 0 Å². The van der Waals surface area contributed by atoms with Crippen LogP contribution in [0.4, 0.5) is 0 Å². The fourth-order valence-corrected chi connectivity index (χ4v) is 1.61. The van der Waals surface area contributed by atoms with E-state index in [1.165, 1.54) is 0 Å². The van der Waals surface area contributed by atoms with Crippen molar-refractivity contribution in [3.63, 3.8) is 0 Å². The van der Waals surface area contributed by atoms with Crippen LogP contribution in [0, 0.1) is 0 Å². The number of nitrogens with one attached hydrogen (secondary N) is 1. The number of carbonyl (C=O) groups is 1. The van der Waals surface area contributed by atoms with Gasteiger partial charge in [0.1, 0.15) is 0 Å². The second kappa shape index (κ2) is 7.35. The highest BCUT2D eigenvalue weighted by molar-refractivity contribution is 5.93. The van der Waals surface area contributed by atoms with Crippen molar-refractivity contribution in [3.05, 3.63) is 30.1 Å². The second-order valence-corrected chi connectivity index (χ2v) is 4.47. The lowest BCUT2D eigenvalue weighted by molar-refractivity contribution is 0.0954. The molecule has 0 saturated carbocycles. The summed E-state index contributed by atoms with van der Waals surface area (Å²) >= 11 is 0. The van der Waals surface area contributed by atoms with E-state index in [0.717, 1.165) is 5.96 Å². The average Bonchev–Trinajstić information content (AvgIpc) is 2.38. The molecule has 1 amide bonds. The summed E-state index contributed by atoms with van der Waals surface area (Å²) in [6.07, 6.45) is 3.19. The third-order valence-electron chi connectivity index (χ3n) is 2.37. The summed E-state index contributed by atoms with van der Waals surface area (Å²) in [7, 11) is 7.75. The minimum Gasteiger partial charge on any atom is -0.350 e. The van der Waals surface area contributed by atoms with E-state index in [-0.39, 0.29) is 5.91 Å². The van der Waals surface area contributed by atoms with Crippen molar-refractivity contribution >= 4 is 11.9 Å². The summed E-state index contributed by atoms with van der Waals surface area (Å²) in [5.41, 5.74) is 0.562. The predicted octanol–water partition coefficient (Wildman–Crippen LogP) is 0.291. The van der Waals surface area contributed by atoms with Crippen LogP contribution in [0.3, 0.4) is 0 Å². The second-order valence-electron chi connectivity index (χ2n) is 4.47. The molecule has 0 aliphatic carbocycles. The Morgan fingerprint density at radius 3 is 2.53 bits per heavy atom. The molecule has 1 aromatic rings. The number of aromatic nitrogens is 1. The van der Waals surface area contributed by atoms with Crippen molar-refractivity contribution in [2.24, 2.45) is 4.99 Å². The van der Waals surface area contributed by atoms with Crippen molar-refractivity contribution < 1.29 is 4.79 Å². The minimum absolute atomic E-state index is 0.125. The Bertz CT molecular complexity index is 418. The molecular formula is C13H21N5O. The normalized spacial score (nSPS) is 9.68. The Hall–Kier alpha value is -2.11. The molecule has 0 bridgehead atoms. The highest BCUT2D eigenvalue weighted by Gasteiger charge is 2.05. The van der Waals surface area contributed by atoms with Gasteiger partial charge < -0.3 is 15.1 Å². The number of hydrogen-bond acceptors (Lipinski definition) is 3. The largest absolute Gasteiger partial charge is 0.350 e. The van der Waals surface area contributed by atoms with Crippen LogP contribution < -0.4 is 5.32 Å². The van der Waals surface area contributed by atoms with Gasteiger partial charge in [-0.2, -0.15) is 0 Å². The predicted molar refractivity (Wildman–Crippen MR) is 76.2 cm³/mol. The molecule has 0 aliphatic rings. The highest BCUT2D eigenvalue weighted by atomic mass is 16.1. The fourth-order valence-electron chi connectivity index (χ4n) is 1.61. The monoisotopic (exact) mass is 263 g/mol. The van der Waals surface area contributed by atoms with Gasteiger partial charge in [-0.1, -0.05) is 0 Å². The smallest absolute Gasteiger partial charge is 0.252 e. The fraction of sp³-hybridized carbons (Fsp3) is 0.462. The third-order valence-corrected chi connectivity index (χ3v) is 2.37. The van der Waals surface area contributed by atoms with Crippen LogP contribution in [0.2, 0.25) is 0 Å². The van der Waals surface area contributed by atoms with Gasteiger partial charge in [-0.05, 0) is 12.1 Å². The van der Waals surface area contributed by atoms with E-state index in [1.807, 2.05) is 38.0 Å². The molecule has 0 atom stereocenters. The molecule has 0 spiro atoms. The van der Waals surface area contributed by atoms with E-state index in [0.29, 0.717) is 18.7 Å². The first-order valence-electron chi connectivity index (χ1n) is 6.09. The Labute approximate surface area is 114 Å². The van der Waals surface area contributed by atoms with E-state index in [9.17, 15) is 4.79 Å². The zero-order valence-corrected chi connectivity index (χ0v) is 11.9. The molecule has 0 radical (unpaired) electrons. The van der Waals surface area contributed by atoms with Crippen LogP contribution in [-0.4, -0.2) is 67.9 Å². The van der Waals surface area contributed by atoms with Gasteiger partial charge in [-0.15, -0.1) is 0 Å². The van der Waals surface area contributed by atoms with Crippen molar-refractivity contribution in [3.8, 4) is 0 Å². The summed E-state index contributed by atoms with van der Waals surface area (Å²) in [4.78, 5) is 23.9. The zero-order valence-electron chi connectivity index (χ0n) is 11.9. The van der Waals surface area contributed by atoms with Crippen molar-refractivity contribution in [2.45, 2.75) is 0 Å². The summed E-state index contributed by atoms with van der Waals surface area (Å²) in [5.74, 6) is 0.746. The number of guanidine groups is 1. The van der Waals surface area contributed by atoms with Gasteiger partial charge in [0.25, 0.3) is 5.91 Å². The topological polar surface area (TPSA) is 60.8 Å². The summed E-state index contributed by atoms with van der Waals surface area (Å²) < 4.78 is 0. The van der Waals surface area contributed by atoms with Crippen LogP contribution >= 0.6 is 0 Å². The Morgan fingerprint density at radius 1 is 1.32 bits per heavy atom. The maximum atomic E-state index is 11.7. The maximum Gasteiger partial charge on any atom is 0.252 e. The molecule has 1 heterocycles. The van der Waals surface area contributed by atoms with Gasteiger partial charge in [-0.3, -0.25) is 14.8 Å². The lowest BCUT2D eigenvalue weighted by atomic mass is 10.3. The highest BCUT2D eigenvalue weighted by Crippen LogP contribution is 1.94. The number of hydrogen-bond donors (Lipinski definition) is 1. The van der Waals surface area contributed by atoms with E-state index in [4.69, 9.17) is 0 Å². The zero-order chi connectivity index (χ0) is 14.3. The molecule has 6 nitrogen and oxygen atoms in total. The number of carbonyl (C=O) groups excluding carboxylic acids is 1. The van der Waals surface area contributed by atoms with Crippen LogP contribution in [0.5, 0.6) is 0 Å².